The van der Waals surface area contributed by atoms with Crippen LogP contribution in [0, 0.1) is 0 Å². The summed E-state index contributed by atoms with van der Waals surface area (Å²) in [6, 6.07) is 21.1. The number of carbonyl (C=O) groups excluding carboxylic acids is 2. The van der Waals surface area contributed by atoms with Crippen LogP contribution in [0.5, 0.6) is 11.5 Å². The summed E-state index contributed by atoms with van der Waals surface area (Å²) < 4.78 is 10.8. The summed E-state index contributed by atoms with van der Waals surface area (Å²) >= 11 is 0. The summed E-state index contributed by atoms with van der Waals surface area (Å²) in [7, 11) is 1.56. The minimum atomic E-state index is -0.517. The predicted molar refractivity (Wildman–Crippen MR) is 121 cm³/mol. The average molecular weight is 425 g/mol. The van der Waals surface area contributed by atoms with E-state index in [-0.39, 0.29) is 0 Å². The zero-order valence-corrected chi connectivity index (χ0v) is 17.2. The van der Waals surface area contributed by atoms with Crippen molar-refractivity contribution >= 4 is 28.9 Å². The van der Waals surface area contributed by atoms with Gasteiger partial charge < -0.3 is 9.47 Å². The topological polar surface area (TPSA) is 89.9 Å². The van der Waals surface area contributed by atoms with Crippen molar-refractivity contribution in [3.8, 4) is 11.5 Å². The molecular weight excluding hydrogens is 406 g/mol. The fraction of sp³-hybridized carbons (Fsp3) is 0.0400. The van der Waals surface area contributed by atoms with Gasteiger partial charge in [0.1, 0.15) is 11.5 Å². The number of pyridine rings is 1. The van der Waals surface area contributed by atoms with Crippen LogP contribution < -0.4 is 14.9 Å². The number of rotatable bonds is 6. The summed E-state index contributed by atoms with van der Waals surface area (Å²) in [5, 5.41) is 5.84. The molecule has 1 heterocycles. The molecule has 7 heteroatoms. The number of hydrogen-bond donors (Lipinski definition) is 1. The number of nitrogens with one attached hydrogen (secondary N) is 1. The largest absolute Gasteiger partial charge is 0.497 e. The molecule has 4 aromatic rings. The molecule has 0 fully saturated rings. The smallest absolute Gasteiger partial charge is 0.343 e. The zero-order chi connectivity index (χ0) is 22.3. The minimum Gasteiger partial charge on any atom is -0.497 e. The van der Waals surface area contributed by atoms with Crippen LogP contribution in [-0.4, -0.2) is 30.2 Å². The molecule has 0 radical (unpaired) electrons. The number of aromatic nitrogens is 1. The first-order valence-corrected chi connectivity index (χ1v) is 9.77. The SMILES string of the molecule is COc1ccc(C(=O)Oc2ccc3ccccc3c2/C=N/NC(=O)c2cccnc2)cc1. The molecule has 32 heavy (non-hydrogen) atoms. The van der Waals surface area contributed by atoms with E-state index in [1.54, 1.807) is 55.8 Å². The molecule has 7 nitrogen and oxygen atoms in total. The highest BCUT2D eigenvalue weighted by Crippen LogP contribution is 2.27. The Hall–Kier alpha value is -4.52. The lowest BCUT2D eigenvalue weighted by Gasteiger charge is -2.11. The first-order valence-electron chi connectivity index (χ1n) is 9.77. The summed E-state index contributed by atoms with van der Waals surface area (Å²) in [6.07, 6.45) is 4.50. The number of benzene rings is 3. The van der Waals surface area contributed by atoms with Gasteiger partial charge in [-0.05, 0) is 53.2 Å². The standard InChI is InChI=1S/C25H19N3O4/c1-31-20-11-8-18(9-12-20)25(30)32-23-13-10-17-5-2-3-7-21(17)22(23)16-27-28-24(29)19-6-4-14-26-15-19/h2-16H,1H3,(H,28,29)/b27-16+. The molecule has 1 N–H and O–H groups in total. The maximum absolute atomic E-state index is 12.7. The maximum atomic E-state index is 12.7. The van der Waals surface area contributed by atoms with E-state index in [0.29, 0.717) is 28.2 Å². The number of nitrogens with zero attached hydrogens (tertiary/aromatic N) is 2. The van der Waals surface area contributed by atoms with E-state index in [4.69, 9.17) is 9.47 Å². The second-order valence-corrected chi connectivity index (χ2v) is 6.76. The monoisotopic (exact) mass is 425 g/mol. The van der Waals surface area contributed by atoms with Gasteiger partial charge in [-0.1, -0.05) is 30.3 Å². The molecule has 0 unspecified atom stereocenters. The van der Waals surface area contributed by atoms with Crippen LogP contribution in [0.4, 0.5) is 0 Å². The molecule has 4 rings (SSSR count). The van der Waals surface area contributed by atoms with Gasteiger partial charge in [0.25, 0.3) is 5.91 Å². The van der Waals surface area contributed by atoms with Crippen molar-refractivity contribution in [2.24, 2.45) is 5.10 Å². The molecule has 3 aromatic carbocycles. The van der Waals surface area contributed by atoms with Crippen molar-refractivity contribution < 1.29 is 19.1 Å². The highest BCUT2D eigenvalue weighted by atomic mass is 16.5. The van der Waals surface area contributed by atoms with Crippen LogP contribution >= 0.6 is 0 Å². The van der Waals surface area contributed by atoms with Crippen LogP contribution in [0.25, 0.3) is 10.8 Å². The lowest BCUT2D eigenvalue weighted by atomic mass is 10.0. The Labute approximate surface area is 184 Å². The summed E-state index contributed by atoms with van der Waals surface area (Å²) in [6.45, 7) is 0. The third-order valence-corrected chi connectivity index (χ3v) is 4.74. The van der Waals surface area contributed by atoms with Gasteiger partial charge in [-0.25, -0.2) is 10.2 Å². The third kappa shape index (κ3) is 4.62. The molecule has 158 valence electrons. The van der Waals surface area contributed by atoms with Gasteiger partial charge in [0.2, 0.25) is 0 Å². The Balaban J connectivity index is 1.61. The van der Waals surface area contributed by atoms with E-state index >= 15 is 0 Å². The second-order valence-electron chi connectivity index (χ2n) is 6.76. The van der Waals surface area contributed by atoms with Gasteiger partial charge in [0, 0.05) is 18.0 Å². The molecular formula is C25H19N3O4. The van der Waals surface area contributed by atoms with Crippen LogP contribution in [0.3, 0.4) is 0 Å². The molecule has 0 atom stereocenters. The lowest BCUT2D eigenvalue weighted by Crippen LogP contribution is -2.18. The van der Waals surface area contributed by atoms with Gasteiger partial charge in [0.15, 0.2) is 0 Å². The third-order valence-electron chi connectivity index (χ3n) is 4.74. The van der Waals surface area contributed by atoms with Gasteiger partial charge >= 0.3 is 5.97 Å². The first kappa shape index (κ1) is 20.7. The Morgan fingerprint density at radius 3 is 2.50 bits per heavy atom. The molecule has 0 bridgehead atoms. The van der Waals surface area contributed by atoms with Gasteiger partial charge in [-0.2, -0.15) is 5.10 Å². The van der Waals surface area contributed by atoms with E-state index in [1.165, 1.54) is 12.4 Å². The van der Waals surface area contributed by atoms with Crippen molar-refractivity contribution in [1.29, 1.82) is 0 Å². The maximum Gasteiger partial charge on any atom is 0.343 e. The first-order chi connectivity index (χ1) is 15.7. The second kappa shape index (κ2) is 9.53. The number of methoxy groups -OCH3 is 1. The van der Waals surface area contributed by atoms with Crippen molar-refractivity contribution in [2.75, 3.05) is 7.11 Å². The van der Waals surface area contributed by atoms with Gasteiger partial charge in [0.05, 0.1) is 24.5 Å². The molecule has 1 amide bonds. The van der Waals surface area contributed by atoms with E-state index in [9.17, 15) is 9.59 Å². The average Bonchev–Trinajstić information content (AvgIpc) is 2.85. The Morgan fingerprint density at radius 1 is 0.938 bits per heavy atom. The van der Waals surface area contributed by atoms with Crippen molar-refractivity contribution in [3.63, 3.8) is 0 Å². The predicted octanol–water partition coefficient (Wildman–Crippen LogP) is 4.23. The van der Waals surface area contributed by atoms with Crippen LogP contribution in [0.15, 0.2) is 90.3 Å². The summed E-state index contributed by atoms with van der Waals surface area (Å²) in [4.78, 5) is 28.8. The number of hydrazone groups is 1. The summed E-state index contributed by atoms with van der Waals surface area (Å²) in [5.74, 6) is 0.0525. The zero-order valence-electron chi connectivity index (χ0n) is 17.2. The number of amides is 1. The fourth-order valence-corrected chi connectivity index (χ4v) is 3.10. The number of fused-ring (bicyclic) bond motifs is 1. The lowest BCUT2D eigenvalue weighted by molar-refractivity contribution is 0.0734. The van der Waals surface area contributed by atoms with Crippen LogP contribution in [0.2, 0.25) is 0 Å². The fourth-order valence-electron chi connectivity index (χ4n) is 3.10. The molecule has 0 aliphatic rings. The van der Waals surface area contributed by atoms with E-state index in [2.05, 4.69) is 15.5 Å². The molecule has 0 aliphatic heterocycles. The molecule has 0 saturated carbocycles. The Kier molecular flexibility index (Phi) is 6.17. The van der Waals surface area contributed by atoms with E-state index < -0.39 is 11.9 Å². The van der Waals surface area contributed by atoms with Crippen LogP contribution in [-0.2, 0) is 0 Å². The van der Waals surface area contributed by atoms with Gasteiger partial charge in [-0.15, -0.1) is 0 Å². The Bertz CT molecular complexity index is 1290. The van der Waals surface area contributed by atoms with Crippen molar-refractivity contribution in [3.05, 3.63) is 102 Å². The Morgan fingerprint density at radius 2 is 1.75 bits per heavy atom. The van der Waals surface area contributed by atoms with E-state index in [0.717, 1.165) is 10.8 Å². The number of hydrogen-bond acceptors (Lipinski definition) is 6. The quantitative estimate of drug-likeness (QED) is 0.216. The number of carbonyl (C=O) groups is 2. The molecule has 0 aliphatic carbocycles. The number of esters is 1. The molecule has 0 saturated heterocycles. The molecule has 1 aromatic heterocycles. The van der Waals surface area contributed by atoms with Crippen LogP contribution in [0.1, 0.15) is 26.3 Å². The van der Waals surface area contributed by atoms with Gasteiger partial charge in [-0.3, -0.25) is 9.78 Å². The highest BCUT2D eigenvalue weighted by Gasteiger charge is 2.14. The number of ether oxygens (including phenoxy) is 2. The normalized spacial score (nSPS) is 10.8. The molecule has 0 spiro atoms. The highest BCUT2D eigenvalue weighted by molar-refractivity contribution is 6.04. The summed E-state index contributed by atoms with van der Waals surface area (Å²) in [5.41, 5.74) is 3.80. The van der Waals surface area contributed by atoms with Crippen molar-refractivity contribution in [2.45, 2.75) is 0 Å². The minimum absolute atomic E-state index is 0.323. The van der Waals surface area contributed by atoms with E-state index in [1.807, 2.05) is 30.3 Å². The van der Waals surface area contributed by atoms with Crippen molar-refractivity contribution in [1.82, 2.24) is 10.4 Å².